The normalized spacial score (nSPS) is 12.6. The Morgan fingerprint density at radius 2 is 1.59 bits per heavy atom. The number of carbonyl (C=O) groups excluding carboxylic acids is 3. The summed E-state index contributed by atoms with van der Waals surface area (Å²) in [5.74, 6) is -1.62. The van der Waals surface area contributed by atoms with Gasteiger partial charge in [-0.25, -0.2) is 9.37 Å². The van der Waals surface area contributed by atoms with Gasteiger partial charge in [0.1, 0.15) is 17.2 Å². The van der Waals surface area contributed by atoms with Crippen LogP contribution in [0.25, 0.3) is 5.65 Å². The van der Waals surface area contributed by atoms with E-state index in [1.807, 2.05) is 0 Å². The van der Waals surface area contributed by atoms with E-state index in [-0.39, 0.29) is 34.1 Å². The molecule has 0 unspecified atom stereocenters. The molecule has 5 rings (SSSR count). The second-order valence-electron chi connectivity index (χ2n) is 6.63. The van der Waals surface area contributed by atoms with Crippen molar-refractivity contribution in [1.82, 2.24) is 9.38 Å². The van der Waals surface area contributed by atoms with Gasteiger partial charge in [-0.1, -0.05) is 36.4 Å². The number of halogens is 1. The van der Waals surface area contributed by atoms with Crippen LogP contribution in [0.1, 0.15) is 42.3 Å². The largest absolute Gasteiger partial charge is 0.320 e. The summed E-state index contributed by atoms with van der Waals surface area (Å²) >= 11 is 0. The summed E-state index contributed by atoms with van der Waals surface area (Å²) in [6.07, 6.45) is 2.61. The molecule has 1 aliphatic rings. The van der Waals surface area contributed by atoms with Crippen molar-refractivity contribution in [2.45, 2.75) is 0 Å². The van der Waals surface area contributed by atoms with E-state index in [0.29, 0.717) is 16.8 Å². The van der Waals surface area contributed by atoms with Gasteiger partial charge in [-0.15, -0.1) is 0 Å². The molecule has 0 bridgehead atoms. The van der Waals surface area contributed by atoms with E-state index in [1.165, 1.54) is 28.9 Å². The molecule has 29 heavy (non-hydrogen) atoms. The SMILES string of the molecule is O=C(Nc1cccc2c1C(=O)c1ccccc1C2=O)c1cn2cc(F)ccc2n1. The van der Waals surface area contributed by atoms with Gasteiger partial charge >= 0.3 is 0 Å². The Morgan fingerprint density at radius 1 is 0.862 bits per heavy atom. The zero-order valence-corrected chi connectivity index (χ0v) is 14.8. The van der Waals surface area contributed by atoms with Crippen molar-refractivity contribution in [3.05, 3.63) is 101 Å². The van der Waals surface area contributed by atoms with E-state index >= 15 is 0 Å². The van der Waals surface area contributed by atoms with Crippen molar-refractivity contribution < 1.29 is 18.8 Å². The van der Waals surface area contributed by atoms with Crippen LogP contribution in [-0.4, -0.2) is 26.9 Å². The van der Waals surface area contributed by atoms with Gasteiger partial charge in [0.25, 0.3) is 5.91 Å². The van der Waals surface area contributed by atoms with Crippen LogP contribution in [0.2, 0.25) is 0 Å². The Morgan fingerprint density at radius 3 is 2.38 bits per heavy atom. The summed E-state index contributed by atoms with van der Waals surface area (Å²) in [7, 11) is 0. The van der Waals surface area contributed by atoms with Gasteiger partial charge in [0, 0.05) is 29.1 Å². The molecule has 2 aromatic carbocycles. The fourth-order valence-electron chi connectivity index (χ4n) is 3.51. The van der Waals surface area contributed by atoms with Crippen molar-refractivity contribution in [2.75, 3.05) is 5.32 Å². The first-order valence-electron chi connectivity index (χ1n) is 8.80. The molecule has 2 aromatic heterocycles. The second kappa shape index (κ2) is 6.20. The van der Waals surface area contributed by atoms with Gasteiger partial charge in [-0.3, -0.25) is 14.4 Å². The molecule has 1 amide bonds. The summed E-state index contributed by atoms with van der Waals surface area (Å²) in [4.78, 5) is 42.7. The molecule has 0 spiro atoms. The lowest BCUT2D eigenvalue weighted by molar-refractivity contribution is 0.0978. The average molecular weight is 385 g/mol. The van der Waals surface area contributed by atoms with E-state index in [4.69, 9.17) is 0 Å². The molecule has 7 heteroatoms. The summed E-state index contributed by atoms with van der Waals surface area (Å²) in [6.45, 7) is 0. The lowest BCUT2D eigenvalue weighted by atomic mass is 9.83. The van der Waals surface area contributed by atoms with Gasteiger partial charge in [-0.05, 0) is 18.2 Å². The minimum absolute atomic E-state index is 0.0585. The minimum Gasteiger partial charge on any atom is -0.320 e. The zero-order chi connectivity index (χ0) is 20.1. The third-order valence-electron chi connectivity index (χ3n) is 4.85. The molecule has 1 aliphatic carbocycles. The van der Waals surface area contributed by atoms with Crippen LogP contribution in [0.15, 0.2) is 67.0 Å². The Bertz CT molecular complexity index is 1360. The van der Waals surface area contributed by atoms with Gasteiger partial charge in [0.15, 0.2) is 11.6 Å². The summed E-state index contributed by atoms with van der Waals surface area (Å²) in [5.41, 5.74) is 1.73. The molecular formula is C22H12FN3O3. The highest BCUT2D eigenvalue weighted by molar-refractivity contribution is 6.30. The molecule has 0 aliphatic heterocycles. The molecule has 0 saturated heterocycles. The number of amides is 1. The van der Waals surface area contributed by atoms with Crippen LogP contribution in [0.4, 0.5) is 10.1 Å². The number of hydrogen-bond donors (Lipinski definition) is 1. The van der Waals surface area contributed by atoms with E-state index in [2.05, 4.69) is 10.3 Å². The van der Waals surface area contributed by atoms with Crippen molar-refractivity contribution in [2.24, 2.45) is 0 Å². The molecule has 6 nitrogen and oxygen atoms in total. The molecule has 4 aromatic rings. The van der Waals surface area contributed by atoms with Gasteiger partial charge in [0.2, 0.25) is 0 Å². The van der Waals surface area contributed by atoms with E-state index in [9.17, 15) is 18.8 Å². The maximum absolute atomic E-state index is 13.4. The quantitative estimate of drug-likeness (QED) is 0.504. The summed E-state index contributed by atoms with van der Waals surface area (Å²) in [5, 5.41) is 2.66. The fourth-order valence-corrected chi connectivity index (χ4v) is 3.51. The first-order chi connectivity index (χ1) is 14.0. The third-order valence-corrected chi connectivity index (χ3v) is 4.85. The highest BCUT2D eigenvalue weighted by Crippen LogP contribution is 2.32. The maximum atomic E-state index is 13.4. The van der Waals surface area contributed by atoms with Gasteiger partial charge < -0.3 is 9.72 Å². The molecule has 140 valence electrons. The van der Waals surface area contributed by atoms with E-state index in [0.717, 1.165) is 0 Å². The number of aromatic nitrogens is 2. The molecule has 0 radical (unpaired) electrons. The van der Waals surface area contributed by atoms with E-state index in [1.54, 1.807) is 42.5 Å². The van der Waals surface area contributed by atoms with Crippen LogP contribution in [-0.2, 0) is 0 Å². The number of fused-ring (bicyclic) bond motifs is 3. The van der Waals surface area contributed by atoms with Crippen molar-refractivity contribution >= 4 is 28.8 Å². The van der Waals surface area contributed by atoms with Crippen molar-refractivity contribution in [3.8, 4) is 0 Å². The first kappa shape index (κ1) is 17.0. The zero-order valence-electron chi connectivity index (χ0n) is 14.8. The predicted molar refractivity (Wildman–Crippen MR) is 103 cm³/mol. The van der Waals surface area contributed by atoms with Crippen LogP contribution >= 0.6 is 0 Å². The number of carbonyl (C=O) groups is 3. The molecular weight excluding hydrogens is 373 g/mol. The highest BCUT2D eigenvalue weighted by atomic mass is 19.1. The Labute approximate surface area is 163 Å². The van der Waals surface area contributed by atoms with Gasteiger partial charge in [0.05, 0.1) is 11.3 Å². The number of benzene rings is 2. The first-order valence-corrected chi connectivity index (χ1v) is 8.80. The van der Waals surface area contributed by atoms with Crippen LogP contribution < -0.4 is 5.32 Å². The Kier molecular flexibility index (Phi) is 3.64. The Hall–Kier alpha value is -4.13. The van der Waals surface area contributed by atoms with Crippen molar-refractivity contribution in [3.63, 3.8) is 0 Å². The summed E-state index contributed by atoms with van der Waals surface area (Å²) in [6, 6.07) is 14.0. The molecule has 0 saturated carbocycles. The molecule has 2 heterocycles. The second-order valence-corrected chi connectivity index (χ2v) is 6.63. The number of rotatable bonds is 2. The number of anilines is 1. The average Bonchev–Trinajstić information content (AvgIpc) is 3.15. The lowest BCUT2D eigenvalue weighted by Gasteiger charge is -2.20. The maximum Gasteiger partial charge on any atom is 0.275 e. The number of ketones is 2. The minimum atomic E-state index is -0.568. The topological polar surface area (TPSA) is 80.5 Å². The number of pyridine rings is 1. The third kappa shape index (κ3) is 2.63. The lowest BCUT2D eigenvalue weighted by Crippen LogP contribution is -2.24. The number of hydrogen-bond acceptors (Lipinski definition) is 4. The van der Waals surface area contributed by atoms with Gasteiger partial charge in [-0.2, -0.15) is 0 Å². The Balaban J connectivity index is 1.55. The van der Waals surface area contributed by atoms with Crippen LogP contribution in [0.3, 0.4) is 0 Å². The molecule has 0 atom stereocenters. The molecule has 0 fully saturated rings. The van der Waals surface area contributed by atoms with Crippen molar-refractivity contribution in [1.29, 1.82) is 0 Å². The standard InChI is InChI=1S/C22H12FN3O3/c23-12-8-9-18-24-17(11-26(18)10-12)22(29)25-16-7-3-6-15-19(16)21(28)14-5-2-1-4-13(14)20(15)27/h1-11H,(H,25,29). The molecule has 1 N–H and O–H groups in total. The predicted octanol–water partition coefficient (Wildman–Crippen LogP) is 3.50. The summed E-state index contributed by atoms with van der Waals surface area (Å²) < 4.78 is 14.8. The van der Waals surface area contributed by atoms with Crippen LogP contribution in [0, 0.1) is 5.82 Å². The highest BCUT2D eigenvalue weighted by Gasteiger charge is 2.31. The number of imidazole rings is 1. The van der Waals surface area contributed by atoms with E-state index < -0.39 is 11.7 Å². The number of nitrogens with one attached hydrogen (secondary N) is 1. The smallest absolute Gasteiger partial charge is 0.275 e. The monoisotopic (exact) mass is 385 g/mol. The fraction of sp³-hybridized carbons (Fsp3) is 0. The number of nitrogens with zero attached hydrogens (tertiary/aromatic N) is 2. The van der Waals surface area contributed by atoms with Crippen LogP contribution in [0.5, 0.6) is 0 Å².